The Labute approximate surface area is 244 Å². The Morgan fingerprint density at radius 3 is 2.39 bits per heavy atom. The van der Waals surface area contributed by atoms with Crippen molar-refractivity contribution in [1.82, 2.24) is 14.1 Å². The molecule has 0 N–H and O–H groups in total. The highest BCUT2D eigenvalue weighted by Gasteiger charge is 2.34. The number of benzene rings is 2. The summed E-state index contributed by atoms with van der Waals surface area (Å²) in [5, 5.41) is 0.489. The number of hydrogen-bond acceptors (Lipinski definition) is 5. The van der Waals surface area contributed by atoms with Crippen LogP contribution < -0.4 is 0 Å². The molecule has 1 aliphatic heterocycles. The van der Waals surface area contributed by atoms with E-state index in [-0.39, 0.29) is 56.7 Å². The van der Waals surface area contributed by atoms with Gasteiger partial charge in [0.15, 0.2) is 0 Å². The number of halogens is 4. The van der Waals surface area contributed by atoms with Gasteiger partial charge in [0.1, 0.15) is 0 Å². The number of rotatable bonds is 12. The van der Waals surface area contributed by atoms with Crippen molar-refractivity contribution in [2.45, 2.75) is 44.9 Å². The second-order valence-electron chi connectivity index (χ2n) is 9.90. The molecular weight excluding hydrogens is 583 g/mol. The van der Waals surface area contributed by atoms with Gasteiger partial charge in [-0.3, -0.25) is 9.59 Å². The monoisotopic (exact) mass is 617 g/mol. The summed E-state index contributed by atoms with van der Waals surface area (Å²) in [6.45, 7) is 2.15. The van der Waals surface area contributed by atoms with Gasteiger partial charge in [-0.05, 0) is 55.2 Å². The van der Waals surface area contributed by atoms with Crippen molar-refractivity contribution in [1.29, 1.82) is 0 Å². The van der Waals surface area contributed by atoms with E-state index >= 15 is 0 Å². The highest BCUT2D eigenvalue weighted by Crippen LogP contribution is 2.30. The van der Waals surface area contributed by atoms with E-state index in [0.29, 0.717) is 24.3 Å². The first-order valence-electron chi connectivity index (χ1n) is 13.3. The molecule has 0 atom stereocenters. The molecule has 2 aromatic rings. The van der Waals surface area contributed by atoms with Gasteiger partial charge < -0.3 is 14.5 Å². The Morgan fingerprint density at radius 1 is 1.10 bits per heavy atom. The Bertz CT molecular complexity index is 1300. The molecule has 41 heavy (non-hydrogen) atoms. The maximum Gasteiger partial charge on any atom is 0.416 e. The smallest absolute Gasteiger partial charge is 0.383 e. The lowest BCUT2D eigenvalue weighted by Crippen LogP contribution is -2.51. The van der Waals surface area contributed by atoms with Crippen molar-refractivity contribution in [3.63, 3.8) is 0 Å². The summed E-state index contributed by atoms with van der Waals surface area (Å²) in [4.78, 5) is 29.8. The van der Waals surface area contributed by atoms with Crippen molar-refractivity contribution >= 4 is 33.4 Å². The number of carbonyl (C=O) groups excluding carboxylic acids is 2. The fraction of sp³-hybridized carbons (Fsp3) is 0.500. The highest BCUT2D eigenvalue weighted by molar-refractivity contribution is 7.89. The van der Waals surface area contributed by atoms with Gasteiger partial charge in [0, 0.05) is 49.9 Å². The molecule has 0 spiro atoms. The highest BCUT2D eigenvalue weighted by atomic mass is 35.5. The van der Waals surface area contributed by atoms with Crippen LogP contribution in [0.3, 0.4) is 0 Å². The van der Waals surface area contributed by atoms with Crippen LogP contribution in [0.1, 0.15) is 47.7 Å². The van der Waals surface area contributed by atoms with E-state index < -0.39 is 33.6 Å². The summed E-state index contributed by atoms with van der Waals surface area (Å²) in [7, 11) is -2.25. The molecule has 226 valence electrons. The van der Waals surface area contributed by atoms with Gasteiger partial charge in [0.25, 0.3) is 5.91 Å². The third-order valence-electron chi connectivity index (χ3n) is 6.90. The molecule has 1 aliphatic rings. The quantitative estimate of drug-likeness (QED) is 0.345. The maximum atomic E-state index is 13.7. The largest absolute Gasteiger partial charge is 0.416 e. The molecule has 1 saturated heterocycles. The fourth-order valence-electron chi connectivity index (χ4n) is 4.78. The number of likely N-dealkylation sites (tertiary alicyclic amines) is 1. The molecule has 3 rings (SSSR count). The number of nitrogens with zero attached hydrogens (tertiary/aromatic N) is 3. The maximum absolute atomic E-state index is 13.7. The van der Waals surface area contributed by atoms with Crippen LogP contribution in [-0.4, -0.2) is 86.0 Å². The second-order valence-corrected chi connectivity index (χ2v) is 12.4. The Morgan fingerprint density at radius 2 is 1.78 bits per heavy atom. The molecule has 0 saturated carbocycles. The van der Waals surface area contributed by atoms with Crippen LogP contribution in [0.25, 0.3) is 0 Å². The van der Waals surface area contributed by atoms with Crippen LogP contribution in [0.4, 0.5) is 13.2 Å². The molecule has 13 heteroatoms. The normalized spacial score (nSPS) is 14.9. The van der Waals surface area contributed by atoms with E-state index in [0.717, 1.165) is 22.0 Å². The lowest BCUT2D eigenvalue weighted by molar-refractivity contribution is -0.137. The van der Waals surface area contributed by atoms with Crippen LogP contribution in [-0.2, 0) is 32.3 Å². The van der Waals surface area contributed by atoms with Crippen molar-refractivity contribution in [2.24, 2.45) is 0 Å². The number of carbonyl (C=O) groups is 2. The first-order valence-corrected chi connectivity index (χ1v) is 15.3. The van der Waals surface area contributed by atoms with Gasteiger partial charge in [-0.1, -0.05) is 36.7 Å². The van der Waals surface area contributed by atoms with Crippen molar-refractivity contribution < 1.29 is 35.9 Å². The summed E-state index contributed by atoms with van der Waals surface area (Å²) in [6, 6.07) is 11.0. The summed E-state index contributed by atoms with van der Waals surface area (Å²) in [5.41, 5.74) is -0.194. The molecule has 0 bridgehead atoms. The minimum absolute atomic E-state index is 0.0273. The molecule has 2 aromatic carbocycles. The zero-order valence-corrected chi connectivity index (χ0v) is 24.6. The SMILES string of the molecule is CCCS(=O)(=O)N(CCOC)CC(=O)N(Cc1cccc(Cl)c1)C1CCN(C(=O)c2cccc(C(F)(F)F)c2)CC1. The summed E-state index contributed by atoms with van der Waals surface area (Å²) in [6.07, 6.45) is -3.43. The molecule has 0 radical (unpaired) electrons. The van der Waals surface area contributed by atoms with E-state index in [9.17, 15) is 31.2 Å². The zero-order valence-electron chi connectivity index (χ0n) is 23.1. The number of amides is 2. The van der Waals surface area contributed by atoms with Crippen LogP contribution >= 0.6 is 11.6 Å². The van der Waals surface area contributed by atoms with E-state index in [1.54, 1.807) is 30.0 Å². The number of methoxy groups -OCH3 is 1. The van der Waals surface area contributed by atoms with Crippen LogP contribution in [0.5, 0.6) is 0 Å². The molecule has 1 fully saturated rings. The van der Waals surface area contributed by atoms with Crippen molar-refractivity contribution in [3.8, 4) is 0 Å². The molecule has 8 nitrogen and oxygen atoms in total. The third-order valence-corrected chi connectivity index (χ3v) is 9.16. The van der Waals surface area contributed by atoms with Crippen molar-refractivity contribution in [2.75, 3.05) is 45.6 Å². The topological polar surface area (TPSA) is 87.2 Å². The minimum Gasteiger partial charge on any atom is -0.383 e. The Hall–Kier alpha value is -2.67. The van der Waals surface area contributed by atoms with Crippen LogP contribution in [0.2, 0.25) is 5.02 Å². The van der Waals surface area contributed by atoms with E-state index in [1.165, 1.54) is 24.1 Å². The zero-order chi connectivity index (χ0) is 30.2. The van der Waals surface area contributed by atoms with Gasteiger partial charge in [-0.2, -0.15) is 17.5 Å². The first-order chi connectivity index (χ1) is 19.4. The van der Waals surface area contributed by atoms with Crippen molar-refractivity contribution in [3.05, 3.63) is 70.2 Å². The number of piperidine rings is 1. The summed E-state index contributed by atoms with van der Waals surface area (Å²) >= 11 is 6.16. The Kier molecular flexibility index (Phi) is 11.6. The minimum atomic E-state index is -4.56. The average Bonchev–Trinajstić information content (AvgIpc) is 2.93. The second kappa shape index (κ2) is 14.5. The van der Waals surface area contributed by atoms with Gasteiger partial charge >= 0.3 is 6.18 Å². The molecule has 0 unspecified atom stereocenters. The fourth-order valence-corrected chi connectivity index (χ4v) is 6.43. The molecule has 2 amide bonds. The third kappa shape index (κ3) is 9.16. The molecule has 0 aromatic heterocycles. The number of sulfonamides is 1. The first kappa shape index (κ1) is 32.8. The lowest BCUT2D eigenvalue weighted by Gasteiger charge is -2.39. The number of ether oxygens (including phenoxy) is 1. The predicted molar refractivity (Wildman–Crippen MR) is 150 cm³/mol. The Balaban J connectivity index is 1.79. The lowest BCUT2D eigenvalue weighted by atomic mass is 10.0. The predicted octanol–water partition coefficient (Wildman–Crippen LogP) is 4.68. The number of alkyl halides is 3. The van der Waals surface area contributed by atoms with Gasteiger partial charge in [-0.15, -0.1) is 0 Å². The number of hydrogen-bond donors (Lipinski definition) is 0. The van der Waals surface area contributed by atoms with Gasteiger partial charge in [0.05, 0.1) is 24.5 Å². The standard InChI is InChI=1S/C28H35ClF3N3O5S/c1-3-16-41(38,39)34(14-15-40-2)20-26(36)35(19-21-6-4-9-24(29)17-21)25-10-12-33(13-11-25)27(37)22-7-5-8-23(18-22)28(30,31)32/h4-9,17-18,25H,3,10-16,19-20H2,1-2H3. The van der Waals surface area contributed by atoms with E-state index in [2.05, 4.69) is 0 Å². The van der Waals surface area contributed by atoms with Gasteiger partial charge in [0.2, 0.25) is 15.9 Å². The average molecular weight is 618 g/mol. The summed E-state index contributed by atoms with van der Waals surface area (Å²) in [5.74, 6) is -1.02. The molecule has 1 heterocycles. The van der Waals surface area contributed by atoms with Gasteiger partial charge in [-0.25, -0.2) is 8.42 Å². The van der Waals surface area contributed by atoms with E-state index in [4.69, 9.17) is 16.3 Å². The summed E-state index contributed by atoms with van der Waals surface area (Å²) < 4.78 is 71.4. The van der Waals surface area contributed by atoms with Crippen LogP contribution in [0, 0.1) is 0 Å². The van der Waals surface area contributed by atoms with E-state index in [1.807, 2.05) is 6.07 Å². The molecule has 0 aliphatic carbocycles. The molecular formula is C28H35ClF3N3O5S. The van der Waals surface area contributed by atoms with Crippen LogP contribution in [0.15, 0.2) is 48.5 Å².